The molecule has 0 fully saturated rings. The van der Waals surface area contributed by atoms with Crippen LogP contribution in [0, 0.1) is 6.92 Å². The Balaban J connectivity index is 3.10. The molecule has 0 saturated carbocycles. The second-order valence-electron chi connectivity index (χ2n) is 3.54. The van der Waals surface area contributed by atoms with E-state index in [1.54, 1.807) is 7.11 Å². The first-order valence-corrected chi connectivity index (χ1v) is 4.95. The molecule has 78 valence electrons. The van der Waals surface area contributed by atoms with Crippen LogP contribution in [0.1, 0.15) is 16.6 Å². The number of rotatable bonds is 3. The standard InChI is InChI=1S/C11H16ClNO/c1-8-5-6-10(14-4)9(7-8)11(12)13(2)3/h5-7,11H,1-4H3. The summed E-state index contributed by atoms with van der Waals surface area (Å²) in [6.45, 7) is 2.04. The minimum atomic E-state index is -0.148. The van der Waals surface area contributed by atoms with E-state index in [4.69, 9.17) is 16.3 Å². The lowest BCUT2D eigenvalue weighted by Crippen LogP contribution is -2.15. The molecule has 0 aliphatic rings. The largest absolute Gasteiger partial charge is 0.496 e. The molecule has 0 saturated heterocycles. The number of alkyl halides is 1. The van der Waals surface area contributed by atoms with Crippen molar-refractivity contribution in [3.05, 3.63) is 29.3 Å². The van der Waals surface area contributed by atoms with Gasteiger partial charge in [-0.1, -0.05) is 11.6 Å². The summed E-state index contributed by atoms with van der Waals surface area (Å²) in [6, 6.07) is 6.02. The van der Waals surface area contributed by atoms with E-state index >= 15 is 0 Å². The fourth-order valence-electron chi connectivity index (χ4n) is 1.32. The van der Waals surface area contributed by atoms with E-state index in [9.17, 15) is 0 Å². The Bertz CT molecular complexity index is 312. The van der Waals surface area contributed by atoms with Crippen LogP contribution in [-0.2, 0) is 0 Å². The molecule has 14 heavy (non-hydrogen) atoms. The smallest absolute Gasteiger partial charge is 0.124 e. The predicted molar refractivity (Wildman–Crippen MR) is 60.0 cm³/mol. The minimum absolute atomic E-state index is 0.148. The molecule has 0 radical (unpaired) electrons. The highest BCUT2D eigenvalue weighted by Gasteiger charge is 2.15. The number of halogens is 1. The van der Waals surface area contributed by atoms with Gasteiger partial charge in [-0.05, 0) is 33.2 Å². The molecule has 0 aliphatic carbocycles. The fourth-order valence-corrected chi connectivity index (χ4v) is 1.49. The van der Waals surface area contributed by atoms with Crippen LogP contribution in [0.3, 0.4) is 0 Å². The van der Waals surface area contributed by atoms with Crippen molar-refractivity contribution in [2.75, 3.05) is 21.2 Å². The van der Waals surface area contributed by atoms with E-state index in [-0.39, 0.29) is 5.50 Å². The Morgan fingerprint density at radius 3 is 2.50 bits per heavy atom. The molecule has 1 aromatic carbocycles. The minimum Gasteiger partial charge on any atom is -0.496 e. The number of hydrogen-bond donors (Lipinski definition) is 0. The van der Waals surface area contributed by atoms with Crippen molar-refractivity contribution in [2.45, 2.75) is 12.4 Å². The third-order valence-electron chi connectivity index (χ3n) is 2.10. The molecular weight excluding hydrogens is 198 g/mol. The number of methoxy groups -OCH3 is 1. The van der Waals surface area contributed by atoms with Crippen molar-refractivity contribution in [1.82, 2.24) is 4.90 Å². The molecule has 1 rings (SSSR count). The van der Waals surface area contributed by atoms with Gasteiger partial charge in [-0.2, -0.15) is 0 Å². The zero-order valence-corrected chi connectivity index (χ0v) is 9.80. The van der Waals surface area contributed by atoms with Gasteiger partial charge in [-0.25, -0.2) is 0 Å². The van der Waals surface area contributed by atoms with Crippen molar-refractivity contribution in [3.8, 4) is 5.75 Å². The van der Waals surface area contributed by atoms with E-state index in [0.29, 0.717) is 0 Å². The number of aryl methyl sites for hydroxylation is 1. The van der Waals surface area contributed by atoms with Gasteiger partial charge in [0.25, 0.3) is 0 Å². The van der Waals surface area contributed by atoms with Crippen molar-refractivity contribution in [2.24, 2.45) is 0 Å². The van der Waals surface area contributed by atoms with E-state index in [0.717, 1.165) is 11.3 Å². The maximum Gasteiger partial charge on any atom is 0.124 e. The first-order chi connectivity index (χ1) is 6.56. The lowest BCUT2D eigenvalue weighted by atomic mass is 10.1. The van der Waals surface area contributed by atoms with Crippen LogP contribution >= 0.6 is 11.6 Å². The van der Waals surface area contributed by atoms with Crippen molar-refractivity contribution in [3.63, 3.8) is 0 Å². The van der Waals surface area contributed by atoms with Crippen LogP contribution in [0.15, 0.2) is 18.2 Å². The summed E-state index contributed by atoms with van der Waals surface area (Å²) in [6.07, 6.45) is 0. The van der Waals surface area contributed by atoms with E-state index in [1.807, 2.05) is 38.1 Å². The van der Waals surface area contributed by atoms with Crippen molar-refractivity contribution >= 4 is 11.6 Å². The molecule has 0 bridgehead atoms. The van der Waals surface area contributed by atoms with E-state index in [1.165, 1.54) is 5.56 Å². The summed E-state index contributed by atoms with van der Waals surface area (Å²) in [4.78, 5) is 1.94. The fraction of sp³-hybridized carbons (Fsp3) is 0.455. The number of hydrogen-bond acceptors (Lipinski definition) is 2. The summed E-state index contributed by atoms with van der Waals surface area (Å²) in [5.74, 6) is 0.837. The van der Waals surface area contributed by atoms with Crippen LogP contribution in [-0.4, -0.2) is 26.1 Å². The Morgan fingerprint density at radius 2 is 2.00 bits per heavy atom. The van der Waals surface area contributed by atoms with Crippen LogP contribution in [0.5, 0.6) is 5.75 Å². The Morgan fingerprint density at radius 1 is 1.36 bits per heavy atom. The SMILES string of the molecule is COc1ccc(C)cc1C(Cl)N(C)C. The molecule has 1 aromatic rings. The third kappa shape index (κ3) is 2.40. The molecule has 0 heterocycles. The Labute approximate surface area is 90.4 Å². The zero-order valence-electron chi connectivity index (χ0n) is 9.04. The normalized spacial score (nSPS) is 13.0. The van der Waals surface area contributed by atoms with E-state index in [2.05, 4.69) is 6.07 Å². The Kier molecular flexibility index (Phi) is 3.78. The molecule has 3 heteroatoms. The average Bonchev–Trinajstić information content (AvgIpc) is 2.16. The molecule has 0 N–H and O–H groups in total. The van der Waals surface area contributed by atoms with Crippen LogP contribution in [0.2, 0.25) is 0 Å². The van der Waals surface area contributed by atoms with Crippen molar-refractivity contribution < 1.29 is 4.74 Å². The van der Waals surface area contributed by atoms with Crippen LogP contribution in [0.4, 0.5) is 0 Å². The topological polar surface area (TPSA) is 12.5 Å². The Hall–Kier alpha value is -0.730. The second-order valence-corrected chi connectivity index (χ2v) is 3.96. The molecule has 0 aliphatic heterocycles. The van der Waals surface area contributed by atoms with Gasteiger partial charge in [0, 0.05) is 5.56 Å². The molecule has 0 aromatic heterocycles. The lowest BCUT2D eigenvalue weighted by Gasteiger charge is -2.20. The maximum atomic E-state index is 6.24. The second kappa shape index (κ2) is 4.67. The van der Waals surface area contributed by atoms with Gasteiger partial charge in [0.2, 0.25) is 0 Å². The monoisotopic (exact) mass is 213 g/mol. The van der Waals surface area contributed by atoms with Crippen molar-refractivity contribution in [1.29, 1.82) is 0 Å². The molecule has 1 unspecified atom stereocenters. The van der Waals surface area contributed by atoms with Gasteiger partial charge < -0.3 is 4.74 Å². The van der Waals surface area contributed by atoms with E-state index < -0.39 is 0 Å². The van der Waals surface area contributed by atoms with Gasteiger partial charge in [-0.15, -0.1) is 11.6 Å². The van der Waals surface area contributed by atoms with Gasteiger partial charge in [0.05, 0.1) is 7.11 Å². The molecule has 2 nitrogen and oxygen atoms in total. The summed E-state index contributed by atoms with van der Waals surface area (Å²) < 4.78 is 5.26. The van der Waals surface area contributed by atoms with Gasteiger partial charge in [0.15, 0.2) is 0 Å². The summed E-state index contributed by atoms with van der Waals surface area (Å²) >= 11 is 6.24. The first kappa shape index (κ1) is 11.3. The third-order valence-corrected chi connectivity index (χ3v) is 2.72. The summed E-state index contributed by atoms with van der Waals surface area (Å²) in [7, 11) is 5.55. The average molecular weight is 214 g/mol. The van der Waals surface area contributed by atoms with Gasteiger partial charge in [0.1, 0.15) is 11.3 Å². The number of benzene rings is 1. The predicted octanol–water partition coefficient (Wildman–Crippen LogP) is 2.80. The molecular formula is C11H16ClNO. The van der Waals surface area contributed by atoms with Crippen LogP contribution < -0.4 is 4.74 Å². The zero-order chi connectivity index (χ0) is 10.7. The van der Waals surface area contributed by atoms with Gasteiger partial charge >= 0.3 is 0 Å². The number of nitrogens with zero attached hydrogens (tertiary/aromatic N) is 1. The highest BCUT2D eigenvalue weighted by molar-refractivity contribution is 6.20. The summed E-state index contributed by atoms with van der Waals surface area (Å²) in [5.41, 5.74) is 2.05. The lowest BCUT2D eigenvalue weighted by molar-refractivity contribution is 0.360. The summed E-state index contributed by atoms with van der Waals surface area (Å²) in [5, 5.41) is 0. The van der Waals surface area contributed by atoms with Crippen LogP contribution in [0.25, 0.3) is 0 Å². The molecule has 0 spiro atoms. The highest BCUT2D eigenvalue weighted by Crippen LogP contribution is 2.31. The number of ether oxygens (including phenoxy) is 1. The quantitative estimate of drug-likeness (QED) is 0.566. The van der Waals surface area contributed by atoms with Gasteiger partial charge in [-0.3, -0.25) is 4.90 Å². The molecule has 0 amide bonds. The highest BCUT2D eigenvalue weighted by atomic mass is 35.5. The maximum absolute atomic E-state index is 6.24. The first-order valence-electron chi connectivity index (χ1n) is 4.51. The molecule has 1 atom stereocenters.